The predicted octanol–water partition coefficient (Wildman–Crippen LogP) is 1.92. The first-order chi connectivity index (χ1) is 10.1. The Labute approximate surface area is 128 Å². The number of nitrogens with zero attached hydrogens (tertiary/aromatic N) is 5. The van der Waals surface area contributed by atoms with E-state index in [0.717, 1.165) is 24.6 Å². The van der Waals surface area contributed by atoms with E-state index in [0.29, 0.717) is 11.6 Å². The molecule has 0 saturated carbocycles. The van der Waals surface area contributed by atoms with Crippen LogP contribution in [0.1, 0.15) is 19.7 Å². The molecule has 2 atom stereocenters. The van der Waals surface area contributed by atoms with Gasteiger partial charge in [0.25, 0.3) is 0 Å². The van der Waals surface area contributed by atoms with Crippen molar-refractivity contribution in [3.05, 3.63) is 35.1 Å². The van der Waals surface area contributed by atoms with Crippen LogP contribution in [-0.2, 0) is 11.3 Å². The molecule has 0 radical (unpaired) electrons. The summed E-state index contributed by atoms with van der Waals surface area (Å²) in [6.07, 6.45) is 0.460. The lowest BCUT2D eigenvalue weighted by molar-refractivity contribution is -0.0712. The van der Waals surface area contributed by atoms with Gasteiger partial charge in [-0.1, -0.05) is 11.6 Å². The lowest BCUT2D eigenvalue weighted by Gasteiger charge is -2.34. The zero-order valence-corrected chi connectivity index (χ0v) is 12.9. The van der Waals surface area contributed by atoms with Crippen molar-refractivity contribution in [2.45, 2.75) is 32.6 Å². The minimum atomic E-state index is 0.230. The van der Waals surface area contributed by atoms with Crippen molar-refractivity contribution in [2.75, 3.05) is 13.1 Å². The van der Waals surface area contributed by atoms with Crippen molar-refractivity contribution in [3.8, 4) is 5.69 Å². The Morgan fingerprint density at radius 1 is 1.19 bits per heavy atom. The number of aromatic nitrogens is 4. The Kier molecular flexibility index (Phi) is 4.19. The van der Waals surface area contributed by atoms with Gasteiger partial charge >= 0.3 is 0 Å². The maximum absolute atomic E-state index is 5.92. The number of benzene rings is 1. The summed E-state index contributed by atoms with van der Waals surface area (Å²) in [5.74, 6) is 0.818. The fourth-order valence-electron chi connectivity index (χ4n) is 2.70. The topological polar surface area (TPSA) is 56.1 Å². The van der Waals surface area contributed by atoms with Gasteiger partial charge in [-0.15, -0.1) is 5.10 Å². The average Bonchev–Trinajstić information content (AvgIpc) is 2.86. The molecule has 0 spiro atoms. The van der Waals surface area contributed by atoms with E-state index < -0.39 is 0 Å². The van der Waals surface area contributed by atoms with Crippen molar-refractivity contribution in [3.63, 3.8) is 0 Å². The van der Waals surface area contributed by atoms with Crippen LogP contribution in [0, 0.1) is 0 Å². The van der Waals surface area contributed by atoms with Crippen LogP contribution < -0.4 is 0 Å². The SMILES string of the molecule is C[C@@H]1CN(Cc2nnnn2-c2ccc(Cl)cc2)C[C@H](C)O1. The van der Waals surface area contributed by atoms with Gasteiger partial charge in [0.1, 0.15) is 0 Å². The summed E-state index contributed by atoms with van der Waals surface area (Å²) in [7, 11) is 0. The fourth-order valence-corrected chi connectivity index (χ4v) is 2.83. The maximum Gasteiger partial charge on any atom is 0.170 e. The molecule has 3 rings (SSSR count). The number of rotatable bonds is 3. The number of hydrogen-bond donors (Lipinski definition) is 0. The first-order valence-corrected chi connectivity index (χ1v) is 7.40. The van der Waals surface area contributed by atoms with Crippen LogP contribution in [0.4, 0.5) is 0 Å². The molecular formula is C14H18ClN5O. The maximum atomic E-state index is 5.92. The highest BCUT2D eigenvalue weighted by molar-refractivity contribution is 6.30. The molecular weight excluding hydrogens is 290 g/mol. The summed E-state index contributed by atoms with van der Waals surface area (Å²) in [5.41, 5.74) is 0.911. The molecule has 1 aromatic heterocycles. The molecule has 0 aliphatic carbocycles. The molecule has 0 unspecified atom stereocenters. The number of morpholine rings is 1. The van der Waals surface area contributed by atoms with Gasteiger partial charge in [0.05, 0.1) is 24.4 Å². The molecule has 2 heterocycles. The van der Waals surface area contributed by atoms with Gasteiger partial charge in [-0.2, -0.15) is 4.68 Å². The number of halogens is 1. The Hall–Kier alpha value is -1.50. The van der Waals surface area contributed by atoms with Crippen LogP contribution in [0.15, 0.2) is 24.3 Å². The van der Waals surface area contributed by atoms with E-state index in [-0.39, 0.29) is 12.2 Å². The number of ether oxygens (including phenoxy) is 1. The summed E-state index contributed by atoms with van der Waals surface area (Å²) in [6.45, 7) is 6.65. The molecule has 1 saturated heterocycles. The highest BCUT2D eigenvalue weighted by Crippen LogP contribution is 2.16. The molecule has 1 aliphatic rings. The smallest absolute Gasteiger partial charge is 0.170 e. The molecule has 2 aromatic rings. The Morgan fingerprint density at radius 3 is 2.52 bits per heavy atom. The zero-order chi connectivity index (χ0) is 14.8. The minimum Gasteiger partial charge on any atom is -0.373 e. The monoisotopic (exact) mass is 307 g/mol. The molecule has 112 valence electrons. The summed E-state index contributed by atoms with van der Waals surface area (Å²) in [5, 5.41) is 12.7. The Bertz CT molecular complexity index is 590. The van der Waals surface area contributed by atoms with Crippen LogP contribution in [-0.4, -0.2) is 50.4 Å². The van der Waals surface area contributed by atoms with Crippen molar-refractivity contribution >= 4 is 11.6 Å². The van der Waals surface area contributed by atoms with Gasteiger partial charge in [0.15, 0.2) is 5.82 Å². The van der Waals surface area contributed by atoms with Crippen LogP contribution in [0.25, 0.3) is 5.69 Å². The van der Waals surface area contributed by atoms with E-state index in [4.69, 9.17) is 16.3 Å². The third-order valence-electron chi connectivity index (χ3n) is 3.47. The number of hydrogen-bond acceptors (Lipinski definition) is 5. The average molecular weight is 308 g/mol. The van der Waals surface area contributed by atoms with Crippen molar-refractivity contribution in [2.24, 2.45) is 0 Å². The van der Waals surface area contributed by atoms with Gasteiger partial charge in [0, 0.05) is 18.1 Å². The van der Waals surface area contributed by atoms with E-state index in [9.17, 15) is 0 Å². The molecule has 21 heavy (non-hydrogen) atoms. The van der Waals surface area contributed by atoms with Crippen molar-refractivity contribution in [1.82, 2.24) is 25.1 Å². The van der Waals surface area contributed by atoms with Crippen LogP contribution >= 0.6 is 11.6 Å². The standard InChI is InChI=1S/C14H18ClN5O/c1-10-7-19(8-11(2)21-10)9-14-16-17-18-20(14)13-5-3-12(15)4-6-13/h3-6,10-11H,7-9H2,1-2H3/t10-,11+. The molecule has 0 N–H and O–H groups in total. The quantitative estimate of drug-likeness (QED) is 0.867. The van der Waals surface area contributed by atoms with Crippen molar-refractivity contribution < 1.29 is 4.74 Å². The third kappa shape index (κ3) is 3.40. The van der Waals surface area contributed by atoms with Gasteiger partial charge in [-0.25, -0.2) is 0 Å². The summed E-state index contributed by atoms with van der Waals surface area (Å²) in [6, 6.07) is 7.49. The first kappa shape index (κ1) is 14.4. The zero-order valence-electron chi connectivity index (χ0n) is 12.1. The fraction of sp³-hybridized carbons (Fsp3) is 0.500. The predicted molar refractivity (Wildman–Crippen MR) is 79.5 cm³/mol. The lowest BCUT2D eigenvalue weighted by Crippen LogP contribution is -2.45. The van der Waals surface area contributed by atoms with E-state index in [1.54, 1.807) is 4.68 Å². The number of tetrazole rings is 1. The largest absolute Gasteiger partial charge is 0.373 e. The van der Waals surface area contributed by atoms with Crippen LogP contribution in [0.5, 0.6) is 0 Å². The van der Waals surface area contributed by atoms with Gasteiger partial charge in [0.2, 0.25) is 0 Å². The summed E-state index contributed by atoms with van der Waals surface area (Å²) < 4.78 is 7.50. The molecule has 0 amide bonds. The van der Waals surface area contributed by atoms with Crippen molar-refractivity contribution in [1.29, 1.82) is 0 Å². The second kappa shape index (κ2) is 6.09. The Morgan fingerprint density at radius 2 is 1.86 bits per heavy atom. The highest BCUT2D eigenvalue weighted by Gasteiger charge is 2.24. The lowest BCUT2D eigenvalue weighted by atomic mass is 10.2. The molecule has 1 fully saturated rings. The first-order valence-electron chi connectivity index (χ1n) is 7.03. The second-order valence-electron chi connectivity index (χ2n) is 5.43. The van der Waals surface area contributed by atoms with Gasteiger partial charge < -0.3 is 4.74 Å². The van der Waals surface area contributed by atoms with Crippen LogP contribution in [0.2, 0.25) is 5.02 Å². The second-order valence-corrected chi connectivity index (χ2v) is 5.87. The molecule has 0 bridgehead atoms. The Balaban J connectivity index is 1.78. The molecule has 6 nitrogen and oxygen atoms in total. The van der Waals surface area contributed by atoms with E-state index >= 15 is 0 Å². The van der Waals surface area contributed by atoms with E-state index in [2.05, 4.69) is 34.3 Å². The van der Waals surface area contributed by atoms with Gasteiger partial charge in [-0.3, -0.25) is 4.90 Å². The van der Waals surface area contributed by atoms with Crippen LogP contribution in [0.3, 0.4) is 0 Å². The molecule has 7 heteroatoms. The summed E-state index contributed by atoms with van der Waals surface area (Å²) in [4.78, 5) is 2.32. The third-order valence-corrected chi connectivity index (χ3v) is 3.72. The highest BCUT2D eigenvalue weighted by atomic mass is 35.5. The summed E-state index contributed by atoms with van der Waals surface area (Å²) >= 11 is 5.92. The van der Waals surface area contributed by atoms with E-state index in [1.807, 2.05) is 24.3 Å². The molecule has 1 aromatic carbocycles. The molecule has 1 aliphatic heterocycles. The van der Waals surface area contributed by atoms with E-state index in [1.165, 1.54) is 0 Å². The minimum absolute atomic E-state index is 0.230. The normalized spacial score (nSPS) is 23.4. The van der Waals surface area contributed by atoms with Gasteiger partial charge in [-0.05, 0) is 48.5 Å².